The number of benzene rings is 2. The third-order valence-corrected chi connectivity index (χ3v) is 5.62. The molecule has 0 radical (unpaired) electrons. The Bertz CT molecular complexity index is 1020. The Morgan fingerprint density at radius 3 is 2.69 bits per heavy atom. The lowest BCUT2D eigenvalue weighted by Gasteiger charge is -2.27. The maximum atomic E-state index is 13.6. The van der Waals surface area contributed by atoms with Crippen molar-refractivity contribution in [2.75, 3.05) is 18.2 Å². The number of aromatic nitrogens is 2. The first kappa shape index (κ1) is 19.6. The van der Waals surface area contributed by atoms with Crippen molar-refractivity contribution < 1.29 is 9.53 Å². The highest BCUT2D eigenvalue weighted by molar-refractivity contribution is 5.95. The van der Waals surface area contributed by atoms with Crippen LogP contribution in [0.2, 0.25) is 0 Å². The number of ether oxygens (including phenoxy) is 1. The summed E-state index contributed by atoms with van der Waals surface area (Å²) < 4.78 is 7.81. The maximum absolute atomic E-state index is 13.6. The quantitative estimate of drug-likeness (QED) is 0.518. The van der Waals surface area contributed by atoms with E-state index in [2.05, 4.69) is 42.7 Å². The third-order valence-electron chi connectivity index (χ3n) is 5.62. The second-order valence-corrected chi connectivity index (χ2v) is 7.70. The molecule has 0 aliphatic heterocycles. The average Bonchev–Trinajstić information content (AvgIpc) is 3.52. The summed E-state index contributed by atoms with van der Waals surface area (Å²) in [6.07, 6.45) is 3.17. The first-order chi connectivity index (χ1) is 14.1. The van der Waals surface area contributed by atoms with E-state index in [1.807, 2.05) is 30.0 Å². The lowest BCUT2D eigenvalue weighted by Crippen LogP contribution is -2.37. The maximum Gasteiger partial charge on any atom is 0.248 e. The Morgan fingerprint density at radius 2 is 1.97 bits per heavy atom. The Morgan fingerprint density at radius 1 is 1.17 bits per heavy atom. The normalized spacial score (nSPS) is 13.8. The molecule has 5 nitrogen and oxygen atoms in total. The fraction of sp³-hybridized carbons (Fsp3) is 0.417. The number of amides is 1. The van der Waals surface area contributed by atoms with Gasteiger partial charge in [-0.3, -0.25) is 9.69 Å². The van der Waals surface area contributed by atoms with Gasteiger partial charge in [-0.05, 0) is 56.4 Å². The van der Waals surface area contributed by atoms with Crippen LogP contribution in [0.15, 0.2) is 42.5 Å². The van der Waals surface area contributed by atoms with Gasteiger partial charge in [0.15, 0.2) is 0 Å². The number of aryl methyl sites for hydroxylation is 2. The van der Waals surface area contributed by atoms with Gasteiger partial charge in [-0.2, -0.15) is 0 Å². The summed E-state index contributed by atoms with van der Waals surface area (Å²) in [6, 6.07) is 14.3. The minimum Gasteiger partial charge on any atom is -0.361 e. The number of rotatable bonds is 8. The van der Waals surface area contributed by atoms with Gasteiger partial charge in [0.2, 0.25) is 5.91 Å². The van der Waals surface area contributed by atoms with Crippen LogP contribution < -0.4 is 4.90 Å². The fourth-order valence-electron chi connectivity index (χ4n) is 3.97. The zero-order chi connectivity index (χ0) is 20.4. The summed E-state index contributed by atoms with van der Waals surface area (Å²) in [6.45, 7) is 7.24. The molecule has 29 heavy (non-hydrogen) atoms. The number of hydrogen-bond donors (Lipinski definition) is 0. The molecule has 1 saturated carbocycles. The van der Waals surface area contributed by atoms with E-state index in [-0.39, 0.29) is 19.2 Å². The molecular formula is C24H29N3O2. The molecule has 3 aromatic rings. The van der Waals surface area contributed by atoms with Gasteiger partial charge in [-0.1, -0.05) is 37.3 Å². The average molecular weight is 392 g/mol. The lowest BCUT2D eigenvalue weighted by molar-refractivity contribution is -0.120. The van der Waals surface area contributed by atoms with Crippen LogP contribution in [0.25, 0.3) is 11.0 Å². The molecule has 1 amide bonds. The largest absolute Gasteiger partial charge is 0.361 e. The van der Waals surface area contributed by atoms with E-state index in [1.165, 1.54) is 0 Å². The van der Waals surface area contributed by atoms with E-state index in [1.54, 1.807) is 0 Å². The van der Waals surface area contributed by atoms with Crippen LogP contribution in [0, 0.1) is 6.92 Å². The van der Waals surface area contributed by atoms with Crippen molar-refractivity contribution in [1.82, 2.24) is 9.55 Å². The third kappa shape index (κ3) is 3.92. The molecule has 0 atom stereocenters. The molecule has 1 aliphatic carbocycles. The van der Waals surface area contributed by atoms with Gasteiger partial charge in [0.1, 0.15) is 19.1 Å². The van der Waals surface area contributed by atoms with Crippen molar-refractivity contribution in [2.45, 2.75) is 52.5 Å². The van der Waals surface area contributed by atoms with Crippen molar-refractivity contribution in [3.05, 3.63) is 59.4 Å². The van der Waals surface area contributed by atoms with Gasteiger partial charge in [0, 0.05) is 12.5 Å². The number of nitrogens with zero attached hydrogens (tertiary/aromatic N) is 3. The Hall–Kier alpha value is -2.66. The molecule has 1 heterocycles. The molecular weight excluding hydrogens is 362 g/mol. The van der Waals surface area contributed by atoms with Crippen molar-refractivity contribution in [3.63, 3.8) is 0 Å². The van der Waals surface area contributed by atoms with Gasteiger partial charge in [-0.15, -0.1) is 0 Å². The van der Waals surface area contributed by atoms with Crippen LogP contribution in [0.4, 0.5) is 5.69 Å². The number of anilines is 1. The Kier molecular flexibility index (Phi) is 5.67. The molecule has 5 heteroatoms. The molecule has 1 aromatic heterocycles. The van der Waals surface area contributed by atoms with Gasteiger partial charge in [0.25, 0.3) is 0 Å². The van der Waals surface area contributed by atoms with Crippen LogP contribution in [-0.2, 0) is 22.5 Å². The second-order valence-electron chi connectivity index (χ2n) is 7.70. The molecule has 152 valence electrons. The monoisotopic (exact) mass is 391 g/mol. The summed E-state index contributed by atoms with van der Waals surface area (Å²) in [5, 5.41) is 0. The molecule has 1 fully saturated rings. The summed E-state index contributed by atoms with van der Waals surface area (Å²) in [5.74, 6) is 1.55. The van der Waals surface area contributed by atoms with Crippen LogP contribution in [-0.4, -0.2) is 28.8 Å². The summed E-state index contributed by atoms with van der Waals surface area (Å²) >= 11 is 0. The van der Waals surface area contributed by atoms with Gasteiger partial charge in [0.05, 0.1) is 16.7 Å². The summed E-state index contributed by atoms with van der Waals surface area (Å²) in [7, 11) is 0. The molecule has 0 N–H and O–H groups in total. The Balaban J connectivity index is 1.72. The van der Waals surface area contributed by atoms with Gasteiger partial charge in [-0.25, -0.2) is 4.98 Å². The highest BCUT2D eigenvalue weighted by Crippen LogP contribution is 2.40. The molecule has 2 aromatic carbocycles. The number of carbonyl (C=O) groups is 1. The predicted octanol–water partition coefficient (Wildman–Crippen LogP) is 4.81. The van der Waals surface area contributed by atoms with E-state index in [9.17, 15) is 4.79 Å². The smallest absolute Gasteiger partial charge is 0.248 e. The van der Waals surface area contributed by atoms with E-state index < -0.39 is 0 Å². The van der Waals surface area contributed by atoms with Crippen LogP contribution >= 0.6 is 0 Å². The van der Waals surface area contributed by atoms with Crippen LogP contribution in [0.5, 0.6) is 0 Å². The zero-order valence-electron chi connectivity index (χ0n) is 17.5. The number of para-hydroxylation sites is 3. The highest BCUT2D eigenvalue weighted by atomic mass is 16.5. The minimum absolute atomic E-state index is 0.0347. The van der Waals surface area contributed by atoms with Crippen molar-refractivity contribution in [2.24, 2.45) is 0 Å². The lowest BCUT2D eigenvalue weighted by atomic mass is 10.0. The Labute approximate surface area is 172 Å². The molecule has 4 rings (SSSR count). The number of imidazole rings is 1. The van der Waals surface area contributed by atoms with E-state index in [4.69, 9.17) is 9.72 Å². The number of carbonyl (C=O) groups excluding carboxylic acids is 1. The van der Waals surface area contributed by atoms with E-state index in [0.29, 0.717) is 12.5 Å². The molecule has 1 aliphatic rings. The van der Waals surface area contributed by atoms with E-state index >= 15 is 0 Å². The topological polar surface area (TPSA) is 47.4 Å². The van der Waals surface area contributed by atoms with Gasteiger partial charge >= 0.3 is 0 Å². The number of hydrogen-bond acceptors (Lipinski definition) is 3. The van der Waals surface area contributed by atoms with Crippen LogP contribution in [0.3, 0.4) is 0 Å². The van der Waals surface area contributed by atoms with Crippen molar-refractivity contribution in [1.29, 1.82) is 0 Å². The number of fused-ring (bicyclic) bond motifs is 1. The second kappa shape index (κ2) is 8.37. The van der Waals surface area contributed by atoms with Crippen molar-refractivity contribution in [3.8, 4) is 0 Å². The molecule has 0 spiro atoms. The molecule has 0 unspecified atom stereocenters. The highest BCUT2D eigenvalue weighted by Gasteiger charge is 2.31. The standard InChI is InChI=1S/C24H29N3O2/c1-4-18-10-8-9-17(3)23(18)27(16-29-5-2)22(28)15-26-21-12-7-6-11-20(21)25-24(26)19-13-14-19/h6-12,19H,4-5,13-16H2,1-3H3. The minimum atomic E-state index is 0.0347. The molecule has 0 saturated heterocycles. The van der Waals surface area contributed by atoms with Gasteiger partial charge < -0.3 is 9.30 Å². The fourth-order valence-corrected chi connectivity index (χ4v) is 3.97. The first-order valence-electron chi connectivity index (χ1n) is 10.6. The first-order valence-corrected chi connectivity index (χ1v) is 10.6. The summed E-state index contributed by atoms with van der Waals surface area (Å²) in [5.41, 5.74) is 5.22. The SMILES string of the molecule is CCOCN(C(=O)Cn1c(C2CC2)nc2ccccc21)c1c(C)cccc1CC. The zero-order valence-corrected chi connectivity index (χ0v) is 17.5. The van der Waals surface area contributed by atoms with E-state index in [0.717, 1.165) is 52.9 Å². The van der Waals surface area contributed by atoms with Crippen molar-refractivity contribution >= 4 is 22.6 Å². The summed E-state index contributed by atoms with van der Waals surface area (Å²) in [4.78, 5) is 20.2. The molecule has 0 bridgehead atoms. The predicted molar refractivity (Wildman–Crippen MR) is 116 cm³/mol. The van der Waals surface area contributed by atoms with Crippen LogP contribution in [0.1, 0.15) is 49.6 Å².